The van der Waals surface area contributed by atoms with E-state index in [0.29, 0.717) is 17.1 Å². The molecule has 0 aromatic heterocycles. The number of carboxylic acid groups (broad SMARTS) is 1. The number of nitrogens with one attached hydrogen (secondary N) is 1. The molecule has 0 amide bonds. The summed E-state index contributed by atoms with van der Waals surface area (Å²) in [5.41, 5.74) is 1.89. The van der Waals surface area contributed by atoms with Crippen LogP contribution >= 0.6 is 0 Å². The maximum absolute atomic E-state index is 11.1. The second-order valence-electron chi connectivity index (χ2n) is 9.25. The summed E-state index contributed by atoms with van der Waals surface area (Å²) < 4.78 is 11.3. The first kappa shape index (κ1) is 28.4. The van der Waals surface area contributed by atoms with E-state index in [4.69, 9.17) is 20.0 Å². The Labute approximate surface area is 211 Å². The van der Waals surface area contributed by atoms with Gasteiger partial charge in [0.25, 0.3) is 0 Å². The van der Waals surface area contributed by atoms with Crippen LogP contribution in [0.1, 0.15) is 112 Å². The number of rotatable bonds is 18. The fourth-order valence-electron chi connectivity index (χ4n) is 4.38. The fraction of sp³-hybridized carbons (Fsp3) is 0.533. The van der Waals surface area contributed by atoms with Gasteiger partial charge in [-0.1, -0.05) is 96.1 Å². The van der Waals surface area contributed by atoms with E-state index < -0.39 is 5.97 Å². The van der Waals surface area contributed by atoms with Crippen molar-refractivity contribution in [2.24, 2.45) is 0 Å². The number of benzene rings is 2. The Morgan fingerprint density at radius 3 is 1.86 bits per heavy atom. The van der Waals surface area contributed by atoms with E-state index in [9.17, 15) is 4.79 Å². The molecule has 0 bridgehead atoms. The molecule has 0 radical (unpaired) electrons. The highest BCUT2D eigenvalue weighted by molar-refractivity contribution is 5.97. The first-order chi connectivity index (χ1) is 17.1. The SMILES string of the molecule is CCCCCCCCCCCCCCCc1cccc(OC)c1C(=N)Oc1ccc(C(=O)O)cc1. The van der Waals surface area contributed by atoms with E-state index in [1.807, 2.05) is 18.2 Å². The van der Waals surface area contributed by atoms with Crippen LogP contribution in [0.5, 0.6) is 11.5 Å². The van der Waals surface area contributed by atoms with Crippen molar-refractivity contribution >= 4 is 11.9 Å². The molecule has 0 spiro atoms. The van der Waals surface area contributed by atoms with Crippen LogP contribution in [0.3, 0.4) is 0 Å². The third-order valence-corrected chi connectivity index (χ3v) is 6.43. The first-order valence-corrected chi connectivity index (χ1v) is 13.3. The molecule has 35 heavy (non-hydrogen) atoms. The van der Waals surface area contributed by atoms with Crippen LogP contribution in [0.15, 0.2) is 42.5 Å². The number of unbranched alkanes of at least 4 members (excludes halogenated alkanes) is 12. The lowest BCUT2D eigenvalue weighted by atomic mass is 9.99. The molecule has 0 aliphatic carbocycles. The van der Waals surface area contributed by atoms with Crippen molar-refractivity contribution in [3.8, 4) is 11.5 Å². The van der Waals surface area contributed by atoms with Gasteiger partial charge >= 0.3 is 5.97 Å². The first-order valence-electron chi connectivity index (χ1n) is 13.3. The average Bonchev–Trinajstić information content (AvgIpc) is 2.86. The molecule has 0 aliphatic heterocycles. The standard InChI is InChI=1S/C30H43NO4/c1-3-4-5-6-7-8-9-10-11-12-13-14-15-17-24-18-16-19-27(34-2)28(24)29(31)35-26-22-20-25(21-23-26)30(32)33/h16,18-23,31H,3-15,17H2,1-2H3,(H,32,33). The van der Waals surface area contributed by atoms with Gasteiger partial charge in [0.1, 0.15) is 11.5 Å². The summed E-state index contributed by atoms with van der Waals surface area (Å²) in [5.74, 6) is 0.0637. The van der Waals surface area contributed by atoms with Crippen LogP contribution in [0.25, 0.3) is 0 Å². The van der Waals surface area contributed by atoms with Gasteiger partial charge in [0.2, 0.25) is 5.90 Å². The molecule has 5 heteroatoms. The highest BCUT2D eigenvalue weighted by atomic mass is 16.5. The summed E-state index contributed by atoms with van der Waals surface area (Å²) in [6, 6.07) is 11.9. The van der Waals surface area contributed by atoms with Gasteiger partial charge in [0, 0.05) is 0 Å². The van der Waals surface area contributed by atoms with Crippen molar-refractivity contribution in [3.05, 3.63) is 59.2 Å². The molecule has 2 aromatic carbocycles. The molecule has 0 fully saturated rings. The third-order valence-electron chi connectivity index (χ3n) is 6.43. The number of hydrogen-bond donors (Lipinski definition) is 2. The van der Waals surface area contributed by atoms with Gasteiger partial charge in [-0.15, -0.1) is 0 Å². The van der Waals surface area contributed by atoms with Gasteiger partial charge in [-0.2, -0.15) is 0 Å². The Hall–Kier alpha value is -2.82. The Morgan fingerprint density at radius 1 is 0.800 bits per heavy atom. The summed E-state index contributed by atoms with van der Waals surface area (Å²) in [6.07, 6.45) is 18.0. The molecule has 0 aliphatic rings. The zero-order valence-electron chi connectivity index (χ0n) is 21.6. The molecule has 0 heterocycles. The molecule has 0 atom stereocenters. The van der Waals surface area contributed by atoms with Gasteiger partial charge in [-0.3, -0.25) is 5.41 Å². The lowest BCUT2D eigenvalue weighted by molar-refractivity contribution is 0.0697. The molecule has 2 aromatic rings. The Bertz CT molecular complexity index is 892. The maximum atomic E-state index is 11.1. The minimum Gasteiger partial charge on any atom is -0.496 e. The van der Waals surface area contributed by atoms with E-state index in [1.165, 1.54) is 89.2 Å². The van der Waals surface area contributed by atoms with Crippen LogP contribution in [0.4, 0.5) is 0 Å². The van der Waals surface area contributed by atoms with Crippen molar-refractivity contribution < 1.29 is 19.4 Å². The third kappa shape index (κ3) is 10.5. The van der Waals surface area contributed by atoms with Crippen molar-refractivity contribution in [3.63, 3.8) is 0 Å². The van der Waals surface area contributed by atoms with E-state index in [-0.39, 0.29) is 11.5 Å². The van der Waals surface area contributed by atoms with E-state index in [1.54, 1.807) is 19.2 Å². The zero-order valence-corrected chi connectivity index (χ0v) is 21.6. The topological polar surface area (TPSA) is 79.6 Å². The molecule has 192 valence electrons. The second-order valence-corrected chi connectivity index (χ2v) is 9.25. The number of carboxylic acids is 1. The van der Waals surface area contributed by atoms with Crippen LogP contribution in [0.2, 0.25) is 0 Å². The van der Waals surface area contributed by atoms with Crippen LogP contribution in [-0.4, -0.2) is 24.1 Å². The summed E-state index contributed by atoms with van der Waals surface area (Å²) in [4.78, 5) is 11.1. The minimum atomic E-state index is -0.989. The monoisotopic (exact) mass is 481 g/mol. The largest absolute Gasteiger partial charge is 0.496 e. The summed E-state index contributed by atoms with van der Waals surface area (Å²) in [6.45, 7) is 2.27. The molecule has 5 nitrogen and oxygen atoms in total. The maximum Gasteiger partial charge on any atom is 0.335 e. The zero-order chi connectivity index (χ0) is 25.3. The Morgan fingerprint density at radius 2 is 1.34 bits per heavy atom. The average molecular weight is 482 g/mol. The molecule has 0 saturated heterocycles. The smallest absolute Gasteiger partial charge is 0.335 e. The quantitative estimate of drug-likeness (QED) is 0.127. The Kier molecular flexibility index (Phi) is 13.6. The van der Waals surface area contributed by atoms with Crippen molar-refractivity contribution in [1.29, 1.82) is 5.41 Å². The molecule has 2 N–H and O–H groups in total. The number of carbonyl (C=O) groups is 1. The van der Waals surface area contributed by atoms with Crippen molar-refractivity contribution in [1.82, 2.24) is 0 Å². The lowest BCUT2D eigenvalue weighted by Gasteiger charge is -2.15. The summed E-state index contributed by atoms with van der Waals surface area (Å²) >= 11 is 0. The van der Waals surface area contributed by atoms with Gasteiger partial charge in [-0.05, 0) is 48.7 Å². The van der Waals surface area contributed by atoms with Crippen LogP contribution in [-0.2, 0) is 6.42 Å². The molecule has 0 saturated carbocycles. The highest BCUT2D eigenvalue weighted by Crippen LogP contribution is 2.26. The van der Waals surface area contributed by atoms with E-state index in [0.717, 1.165) is 18.4 Å². The number of aryl methyl sites for hydroxylation is 1. The predicted molar refractivity (Wildman–Crippen MR) is 143 cm³/mol. The van der Waals surface area contributed by atoms with Crippen molar-refractivity contribution in [2.45, 2.75) is 96.8 Å². The highest BCUT2D eigenvalue weighted by Gasteiger charge is 2.16. The van der Waals surface area contributed by atoms with Crippen molar-refractivity contribution in [2.75, 3.05) is 7.11 Å². The van der Waals surface area contributed by atoms with Gasteiger partial charge in [-0.25, -0.2) is 4.79 Å². The lowest BCUT2D eigenvalue weighted by Crippen LogP contribution is -2.13. The minimum absolute atomic E-state index is 0.00946. The number of hydrogen-bond acceptors (Lipinski definition) is 4. The predicted octanol–water partition coefficient (Wildman–Crippen LogP) is 8.43. The van der Waals surface area contributed by atoms with Gasteiger partial charge in [0.15, 0.2) is 0 Å². The summed E-state index contributed by atoms with van der Waals surface area (Å²) in [7, 11) is 1.60. The normalized spacial score (nSPS) is 10.8. The summed E-state index contributed by atoms with van der Waals surface area (Å²) in [5, 5.41) is 17.6. The van der Waals surface area contributed by atoms with Gasteiger partial charge < -0.3 is 14.6 Å². The number of ether oxygens (including phenoxy) is 2. The van der Waals surface area contributed by atoms with E-state index in [2.05, 4.69) is 6.92 Å². The molecule has 0 unspecified atom stereocenters. The van der Waals surface area contributed by atoms with Crippen LogP contribution in [0, 0.1) is 5.41 Å². The number of methoxy groups -OCH3 is 1. The van der Waals surface area contributed by atoms with Crippen LogP contribution < -0.4 is 9.47 Å². The molecule has 2 rings (SSSR count). The molecular formula is C30H43NO4. The van der Waals surface area contributed by atoms with Gasteiger partial charge in [0.05, 0.1) is 18.2 Å². The fourth-order valence-corrected chi connectivity index (χ4v) is 4.38. The second kappa shape index (κ2) is 16.7. The molecular weight excluding hydrogens is 438 g/mol. The Balaban J connectivity index is 1.75. The number of aromatic carboxylic acids is 1. The van der Waals surface area contributed by atoms with E-state index >= 15 is 0 Å².